The Labute approximate surface area is 174 Å². The van der Waals surface area contributed by atoms with Crippen LogP contribution in [0.25, 0.3) is 10.9 Å². The highest BCUT2D eigenvalue weighted by atomic mass is 16.5. The van der Waals surface area contributed by atoms with Gasteiger partial charge in [0, 0.05) is 24.3 Å². The van der Waals surface area contributed by atoms with Crippen molar-refractivity contribution in [3.63, 3.8) is 0 Å². The van der Waals surface area contributed by atoms with E-state index in [0.29, 0.717) is 36.6 Å². The Bertz CT molecular complexity index is 1130. The number of rotatable bonds is 8. The summed E-state index contributed by atoms with van der Waals surface area (Å²) in [6.07, 6.45) is 5.69. The molecule has 0 bridgehead atoms. The fourth-order valence-corrected chi connectivity index (χ4v) is 3.02. The van der Waals surface area contributed by atoms with E-state index < -0.39 is 0 Å². The number of nitrogens with one attached hydrogen (secondary N) is 1. The van der Waals surface area contributed by atoms with Gasteiger partial charge in [0.15, 0.2) is 0 Å². The molecule has 0 saturated heterocycles. The van der Waals surface area contributed by atoms with E-state index >= 15 is 0 Å². The number of ether oxygens (including phenoxy) is 2. The summed E-state index contributed by atoms with van der Waals surface area (Å²) in [4.78, 5) is 21.0. The Morgan fingerprint density at radius 1 is 0.900 bits per heavy atom. The van der Waals surface area contributed by atoms with Crippen LogP contribution in [-0.4, -0.2) is 29.0 Å². The minimum Gasteiger partial charge on any atom is -0.491 e. The molecule has 0 aliphatic rings. The second kappa shape index (κ2) is 9.52. The zero-order valence-electron chi connectivity index (χ0n) is 16.3. The van der Waals surface area contributed by atoms with Crippen molar-refractivity contribution < 1.29 is 14.3 Å². The number of benzene rings is 2. The molecule has 2 aromatic heterocycles. The lowest BCUT2D eigenvalue weighted by Crippen LogP contribution is -2.26. The predicted molar refractivity (Wildman–Crippen MR) is 115 cm³/mol. The van der Waals surface area contributed by atoms with Crippen LogP contribution in [0.3, 0.4) is 0 Å². The summed E-state index contributed by atoms with van der Waals surface area (Å²) >= 11 is 0. The van der Waals surface area contributed by atoms with Crippen LogP contribution in [-0.2, 0) is 0 Å². The molecule has 4 aromatic rings. The highest BCUT2D eigenvalue weighted by Crippen LogP contribution is 2.25. The molecule has 0 spiro atoms. The summed E-state index contributed by atoms with van der Waals surface area (Å²) in [5.74, 6) is 1.62. The number of carbonyl (C=O) groups is 1. The molecule has 2 heterocycles. The van der Waals surface area contributed by atoms with Gasteiger partial charge in [-0.3, -0.25) is 14.8 Å². The zero-order valence-corrected chi connectivity index (χ0v) is 16.3. The Morgan fingerprint density at radius 2 is 1.73 bits per heavy atom. The van der Waals surface area contributed by atoms with Gasteiger partial charge < -0.3 is 14.8 Å². The van der Waals surface area contributed by atoms with E-state index in [1.807, 2.05) is 42.5 Å². The molecule has 0 atom stereocenters. The summed E-state index contributed by atoms with van der Waals surface area (Å²) in [6.45, 7) is 0.960. The normalized spacial score (nSPS) is 10.5. The molecule has 1 amide bonds. The number of amides is 1. The van der Waals surface area contributed by atoms with Crippen molar-refractivity contribution in [1.82, 2.24) is 15.3 Å². The molecule has 0 radical (unpaired) electrons. The third kappa shape index (κ3) is 4.72. The number of hydrogen-bond acceptors (Lipinski definition) is 5. The molecule has 30 heavy (non-hydrogen) atoms. The maximum atomic E-state index is 12.6. The SMILES string of the molecule is O=C(NCCCOc1cccc2cccnc12)c1ccccc1Oc1cccnc1. The predicted octanol–water partition coefficient (Wildman–Crippen LogP) is 4.62. The molecule has 1 N–H and O–H groups in total. The van der Waals surface area contributed by atoms with E-state index in [1.54, 1.807) is 42.9 Å². The van der Waals surface area contributed by atoms with Crippen molar-refractivity contribution in [2.45, 2.75) is 6.42 Å². The minimum absolute atomic E-state index is 0.193. The fraction of sp³-hybridized carbons (Fsp3) is 0.125. The summed E-state index contributed by atoms with van der Waals surface area (Å²) in [5.41, 5.74) is 1.31. The van der Waals surface area contributed by atoms with Gasteiger partial charge in [-0.15, -0.1) is 0 Å². The number of pyridine rings is 2. The second-order valence-electron chi connectivity index (χ2n) is 6.58. The van der Waals surface area contributed by atoms with Crippen LogP contribution in [0, 0.1) is 0 Å². The first-order valence-corrected chi connectivity index (χ1v) is 9.73. The monoisotopic (exact) mass is 399 g/mol. The molecule has 0 aliphatic heterocycles. The lowest BCUT2D eigenvalue weighted by atomic mass is 10.2. The molecule has 0 saturated carbocycles. The number of fused-ring (bicyclic) bond motifs is 1. The molecule has 2 aromatic carbocycles. The Kier molecular flexibility index (Phi) is 6.15. The first-order chi connectivity index (χ1) is 14.8. The third-order valence-corrected chi connectivity index (χ3v) is 4.45. The number of carbonyl (C=O) groups excluding carboxylic acids is 1. The number of hydrogen-bond donors (Lipinski definition) is 1. The quantitative estimate of drug-likeness (QED) is 0.438. The molecular weight excluding hydrogens is 378 g/mol. The lowest BCUT2D eigenvalue weighted by Gasteiger charge is -2.12. The van der Waals surface area contributed by atoms with E-state index in [4.69, 9.17) is 9.47 Å². The standard InChI is InChI=1S/C24H21N3O3/c28-24(20-10-1-2-11-21(20)30-19-9-5-13-25-17-19)27-15-6-16-29-22-12-3-7-18-8-4-14-26-23(18)22/h1-5,7-14,17H,6,15-16H2,(H,27,28). The third-order valence-electron chi connectivity index (χ3n) is 4.45. The summed E-state index contributed by atoms with van der Waals surface area (Å²) in [5, 5.41) is 3.95. The number of aromatic nitrogens is 2. The van der Waals surface area contributed by atoms with E-state index in [0.717, 1.165) is 16.7 Å². The highest BCUT2D eigenvalue weighted by Gasteiger charge is 2.12. The summed E-state index contributed by atoms with van der Waals surface area (Å²) in [6, 6.07) is 20.5. The van der Waals surface area contributed by atoms with E-state index in [-0.39, 0.29) is 5.91 Å². The van der Waals surface area contributed by atoms with Gasteiger partial charge in [-0.25, -0.2) is 0 Å². The van der Waals surface area contributed by atoms with Crippen LogP contribution in [0.1, 0.15) is 16.8 Å². The smallest absolute Gasteiger partial charge is 0.255 e. The maximum absolute atomic E-state index is 12.6. The number of para-hydroxylation sites is 2. The topological polar surface area (TPSA) is 73.3 Å². The van der Waals surface area contributed by atoms with Gasteiger partial charge in [0.25, 0.3) is 5.91 Å². The molecular formula is C24H21N3O3. The molecule has 4 rings (SSSR count). The van der Waals surface area contributed by atoms with Crippen molar-refractivity contribution in [3.8, 4) is 17.2 Å². The Balaban J connectivity index is 1.30. The highest BCUT2D eigenvalue weighted by molar-refractivity contribution is 5.97. The zero-order chi connectivity index (χ0) is 20.6. The van der Waals surface area contributed by atoms with Gasteiger partial charge in [-0.05, 0) is 42.8 Å². The fourth-order valence-electron chi connectivity index (χ4n) is 3.02. The summed E-state index contributed by atoms with van der Waals surface area (Å²) in [7, 11) is 0. The van der Waals surface area contributed by atoms with Crippen LogP contribution in [0.2, 0.25) is 0 Å². The van der Waals surface area contributed by atoms with Crippen LogP contribution >= 0.6 is 0 Å². The Hall–Kier alpha value is -3.93. The van der Waals surface area contributed by atoms with Gasteiger partial charge in [0.2, 0.25) is 0 Å². The van der Waals surface area contributed by atoms with Crippen molar-refractivity contribution >= 4 is 16.8 Å². The maximum Gasteiger partial charge on any atom is 0.255 e. The van der Waals surface area contributed by atoms with Crippen LogP contribution in [0.15, 0.2) is 85.3 Å². The molecule has 0 fully saturated rings. The van der Waals surface area contributed by atoms with Crippen LogP contribution in [0.5, 0.6) is 17.2 Å². The average Bonchev–Trinajstić information content (AvgIpc) is 2.80. The van der Waals surface area contributed by atoms with E-state index in [1.165, 1.54) is 0 Å². The van der Waals surface area contributed by atoms with Crippen molar-refractivity contribution in [2.75, 3.05) is 13.2 Å². The van der Waals surface area contributed by atoms with Crippen molar-refractivity contribution in [1.29, 1.82) is 0 Å². The molecule has 0 unspecified atom stereocenters. The first-order valence-electron chi connectivity index (χ1n) is 9.73. The number of nitrogens with zero attached hydrogens (tertiary/aromatic N) is 2. The lowest BCUT2D eigenvalue weighted by molar-refractivity contribution is 0.0949. The van der Waals surface area contributed by atoms with Crippen molar-refractivity contribution in [2.24, 2.45) is 0 Å². The van der Waals surface area contributed by atoms with Gasteiger partial charge in [0.05, 0.1) is 18.4 Å². The minimum atomic E-state index is -0.193. The van der Waals surface area contributed by atoms with Gasteiger partial charge in [0.1, 0.15) is 22.8 Å². The van der Waals surface area contributed by atoms with Crippen LogP contribution in [0.4, 0.5) is 0 Å². The molecule has 150 valence electrons. The summed E-state index contributed by atoms with van der Waals surface area (Å²) < 4.78 is 11.7. The first kappa shape index (κ1) is 19.4. The second-order valence-corrected chi connectivity index (χ2v) is 6.58. The van der Waals surface area contributed by atoms with Crippen LogP contribution < -0.4 is 14.8 Å². The van der Waals surface area contributed by atoms with Crippen molar-refractivity contribution in [3.05, 3.63) is 90.9 Å². The van der Waals surface area contributed by atoms with E-state index in [2.05, 4.69) is 15.3 Å². The largest absolute Gasteiger partial charge is 0.491 e. The van der Waals surface area contributed by atoms with Gasteiger partial charge >= 0.3 is 0 Å². The van der Waals surface area contributed by atoms with Gasteiger partial charge in [-0.2, -0.15) is 0 Å². The average molecular weight is 399 g/mol. The molecule has 6 heteroatoms. The Morgan fingerprint density at radius 3 is 2.63 bits per heavy atom. The molecule has 0 aliphatic carbocycles. The van der Waals surface area contributed by atoms with Gasteiger partial charge in [-0.1, -0.05) is 30.3 Å². The van der Waals surface area contributed by atoms with E-state index in [9.17, 15) is 4.79 Å². The molecule has 6 nitrogen and oxygen atoms in total.